The molecule has 2 atom stereocenters. The molecule has 0 bridgehead atoms. The zero-order chi connectivity index (χ0) is 10.8. The molecule has 0 spiro atoms. The summed E-state index contributed by atoms with van der Waals surface area (Å²) in [4.78, 5) is 21.9. The number of carbonyl (C=O) groups is 2. The number of hydrogen-bond donors (Lipinski definition) is 1. The van der Waals surface area contributed by atoms with Crippen LogP contribution in [0.15, 0.2) is 0 Å². The molecule has 1 heterocycles. The lowest BCUT2D eigenvalue weighted by molar-refractivity contribution is -0.216. The molecule has 1 N–H and O–H groups in total. The maximum atomic E-state index is 11.3. The molecule has 0 amide bonds. The Morgan fingerprint density at radius 1 is 1.64 bits per heavy atom. The third-order valence-corrected chi connectivity index (χ3v) is 2.65. The molecule has 0 saturated carbocycles. The summed E-state index contributed by atoms with van der Waals surface area (Å²) in [6.45, 7) is 2.17. The van der Waals surface area contributed by atoms with Gasteiger partial charge in [0.25, 0.3) is 0 Å². The SMILES string of the molecule is CCC1(OC)OCCC1C(=O)C(=O)O. The zero-order valence-corrected chi connectivity index (χ0v) is 8.28. The Hall–Kier alpha value is -0.940. The summed E-state index contributed by atoms with van der Waals surface area (Å²) in [6.07, 6.45) is 0.875. The minimum absolute atomic E-state index is 0.366. The van der Waals surface area contributed by atoms with Crippen LogP contribution in [-0.4, -0.2) is 36.4 Å². The topological polar surface area (TPSA) is 72.8 Å². The predicted molar refractivity (Wildman–Crippen MR) is 46.7 cm³/mol. The molecule has 0 aromatic rings. The Balaban J connectivity index is 2.87. The number of carboxylic acid groups (broad SMARTS) is 1. The zero-order valence-electron chi connectivity index (χ0n) is 8.28. The van der Waals surface area contributed by atoms with Crippen LogP contribution in [-0.2, 0) is 19.1 Å². The lowest BCUT2D eigenvalue weighted by Crippen LogP contribution is -2.43. The normalized spacial score (nSPS) is 31.7. The van der Waals surface area contributed by atoms with Crippen LogP contribution in [0, 0.1) is 5.92 Å². The molecule has 80 valence electrons. The third-order valence-electron chi connectivity index (χ3n) is 2.65. The number of rotatable bonds is 4. The van der Waals surface area contributed by atoms with E-state index in [1.807, 2.05) is 0 Å². The number of methoxy groups -OCH3 is 1. The van der Waals surface area contributed by atoms with E-state index in [0.717, 1.165) is 0 Å². The Morgan fingerprint density at radius 3 is 2.71 bits per heavy atom. The van der Waals surface area contributed by atoms with Crippen LogP contribution in [0.3, 0.4) is 0 Å². The van der Waals surface area contributed by atoms with Gasteiger partial charge < -0.3 is 14.6 Å². The van der Waals surface area contributed by atoms with Crippen molar-refractivity contribution in [1.29, 1.82) is 0 Å². The molecule has 0 radical (unpaired) electrons. The van der Waals surface area contributed by atoms with Crippen molar-refractivity contribution in [2.24, 2.45) is 5.92 Å². The molecule has 0 aromatic heterocycles. The van der Waals surface area contributed by atoms with Crippen LogP contribution in [0.25, 0.3) is 0 Å². The number of ether oxygens (including phenoxy) is 2. The summed E-state index contributed by atoms with van der Waals surface area (Å²) in [5.41, 5.74) is 0. The van der Waals surface area contributed by atoms with Crippen molar-refractivity contribution in [3.63, 3.8) is 0 Å². The number of hydrogen-bond acceptors (Lipinski definition) is 4. The number of carboxylic acids is 1. The minimum Gasteiger partial charge on any atom is -0.475 e. The lowest BCUT2D eigenvalue weighted by atomic mass is 9.91. The van der Waals surface area contributed by atoms with Crippen LogP contribution in [0.1, 0.15) is 19.8 Å². The summed E-state index contributed by atoms with van der Waals surface area (Å²) in [5.74, 6) is -3.97. The van der Waals surface area contributed by atoms with Gasteiger partial charge in [-0.1, -0.05) is 6.92 Å². The maximum Gasteiger partial charge on any atom is 0.372 e. The highest BCUT2D eigenvalue weighted by Gasteiger charge is 2.49. The van der Waals surface area contributed by atoms with E-state index < -0.39 is 23.5 Å². The fraction of sp³-hybridized carbons (Fsp3) is 0.778. The van der Waals surface area contributed by atoms with E-state index >= 15 is 0 Å². The van der Waals surface area contributed by atoms with Gasteiger partial charge in [-0.2, -0.15) is 0 Å². The van der Waals surface area contributed by atoms with Gasteiger partial charge in [-0.25, -0.2) is 4.79 Å². The Bertz CT molecular complexity index is 244. The smallest absolute Gasteiger partial charge is 0.372 e. The van der Waals surface area contributed by atoms with Gasteiger partial charge in [0.2, 0.25) is 5.78 Å². The van der Waals surface area contributed by atoms with Gasteiger partial charge in [0.15, 0.2) is 5.79 Å². The number of ketones is 1. The quantitative estimate of drug-likeness (QED) is 0.669. The van der Waals surface area contributed by atoms with Crippen LogP contribution < -0.4 is 0 Å². The molecule has 14 heavy (non-hydrogen) atoms. The Kier molecular flexibility index (Phi) is 3.23. The third kappa shape index (κ3) is 1.65. The van der Waals surface area contributed by atoms with E-state index in [1.165, 1.54) is 7.11 Å². The van der Waals surface area contributed by atoms with Crippen molar-refractivity contribution in [3.8, 4) is 0 Å². The molecule has 1 aliphatic heterocycles. The minimum atomic E-state index is -1.42. The average molecular weight is 202 g/mol. The van der Waals surface area contributed by atoms with Crippen LogP contribution in [0.4, 0.5) is 0 Å². The first-order valence-electron chi connectivity index (χ1n) is 4.53. The van der Waals surface area contributed by atoms with E-state index in [9.17, 15) is 9.59 Å². The first-order chi connectivity index (χ1) is 6.57. The van der Waals surface area contributed by atoms with Gasteiger partial charge in [-0.15, -0.1) is 0 Å². The van der Waals surface area contributed by atoms with E-state index in [4.69, 9.17) is 14.6 Å². The second-order valence-electron chi connectivity index (χ2n) is 3.23. The van der Waals surface area contributed by atoms with E-state index in [1.54, 1.807) is 6.92 Å². The highest BCUT2D eigenvalue weighted by Crippen LogP contribution is 2.36. The first-order valence-corrected chi connectivity index (χ1v) is 4.53. The van der Waals surface area contributed by atoms with E-state index in [0.29, 0.717) is 19.4 Å². The fourth-order valence-corrected chi connectivity index (χ4v) is 1.84. The van der Waals surface area contributed by atoms with Gasteiger partial charge in [-0.05, 0) is 12.8 Å². The molecular formula is C9H14O5. The molecule has 0 aromatic carbocycles. The van der Waals surface area contributed by atoms with Crippen molar-refractivity contribution in [1.82, 2.24) is 0 Å². The van der Waals surface area contributed by atoms with Crippen molar-refractivity contribution >= 4 is 11.8 Å². The Labute approximate surface area is 82.0 Å². The van der Waals surface area contributed by atoms with E-state index in [2.05, 4.69) is 0 Å². The molecule has 1 saturated heterocycles. The van der Waals surface area contributed by atoms with Crippen molar-refractivity contribution in [2.45, 2.75) is 25.6 Å². The summed E-state index contributed by atoms with van der Waals surface area (Å²) < 4.78 is 10.4. The summed E-state index contributed by atoms with van der Waals surface area (Å²) in [6, 6.07) is 0. The molecular weight excluding hydrogens is 188 g/mol. The summed E-state index contributed by atoms with van der Waals surface area (Å²) >= 11 is 0. The Morgan fingerprint density at radius 2 is 2.29 bits per heavy atom. The van der Waals surface area contributed by atoms with Crippen molar-refractivity contribution in [2.75, 3.05) is 13.7 Å². The highest BCUT2D eigenvalue weighted by molar-refractivity contribution is 6.33. The first kappa shape index (κ1) is 11.1. The lowest BCUT2D eigenvalue weighted by Gasteiger charge is -2.29. The summed E-state index contributed by atoms with van der Waals surface area (Å²) in [5, 5.41) is 8.61. The van der Waals surface area contributed by atoms with Gasteiger partial charge >= 0.3 is 5.97 Å². The molecule has 1 rings (SSSR count). The monoisotopic (exact) mass is 202 g/mol. The average Bonchev–Trinajstić information content (AvgIpc) is 2.60. The number of Topliss-reactive ketones (excluding diaryl/α,β-unsaturated/α-hetero) is 1. The van der Waals surface area contributed by atoms with Crippen molar-refractivity contribution < 1.29 is 24.2 Å². The fourth-order valence-electron chi connectivity index (χ4n) is 1.84. The number of aliphatic carboxylic acids is 1. The molecule has 5 nitrogen and oxygen atoms in total. The molecule has 5 heteroatoms. The molecule has 1 fully saturated rings. The van der Waals surface area contributed by atoms with Crippen LogP contribution >= 0.6 is 0 Å². The molecule has 1 aliphatic rings. The van der Waals surface area contributed by atoms with E-state index in [-0.39, 0.29) is 0 Å². The standard InChI is InChI=1S/C9H14O5/c1-3-9(13-2)6(4-5-14-9)7(10)8(11)12/h6H,3-5H2,1-2H3,(H,11,12). The van der Waals surface area contributed by atoms with Gasteiger partial charge in [0, 0.05) is 7.11 Å². The van der Waals surface area contributed by atoms with Gasteiger partial charge in [-0.3, -0.25) is 4.79 Å². The maximum absolute atomic E-state index is 11.3. The predicted octanol–water partition coefficient (Wildman–Crippen LogP) is 0.429. The van der Waals surface area contributed by atoms with Crippen molar-refractivity contribution in [3.05, 3.63) is 0 Å². The second-order valence-corrected chi connectivity index (χ2v) is 3.23. The summed E-state index contributed by atoms with van der Waals surface area (Å²) in [7, 11) is 1.43. The highest BCUT2D eigenvalue weighted by atomic mass is 16.7. The van der Waals surface area contributed by atoms with Crippen LogP contribution in [0.5, 0.6) is 0 Å². The number of carbonyl (C=O) groups excluding carboxylic acids is 1. The van der Waals surface area contributed by atoms with Crippen LogP contribution in [0.2, 0.25) is 0 Å². The second kappa shape index (κ2) is 4.06. The van der Waals surface area contributed by atoms with Gasteiger partial charge in [0.05, 0.1) is 12.5 Å². The molecule has 2 unspecified atom stereocenters. The van der Waals surface area contributed by atoms with Gasteiger partial charge in [0.1, 0.15) is 0 Å². The largest absolute Gasteiger partial charge is 0.475 e. The molecule has 0 aliphatic carbocycles.